The molecular weight excluding hydrogens is 534 g/mol. The number of benzene rings is 2. The number of hydrogen-bond acceptors (Lipinski definition) is 9. The van der Waals surface area contributed by atoms with Gasteiger partial charge in [0.1, 0.15) is 11.8 Å². The third kappa shape index (κ3) is 6.13. The molecule has 3 amide bonds. The topological polar surface area (TPSA) is 147 Å². The number of pyridine rings is 1. The van der Waals surface area contributed by atoms with Crippen molar-refractivity contribution in [1.29, 1.82) is 0 Å². The molecule has 12 nitrogen and oxygen atoms in total. The zero-order chi connectivity index (χ0) is 28.9. The van der Waals surface area contributed by atoms with Gasteiger partial charge in [-0.15, -0.1) is 0 Å². The zero-order valence-corrected chi connectivity index (χ0v) is 22.7. The largest absolute Gasteiger partial charge is 0.378 e. The third-order valence-corrected chi connectivity index (χ3v) is 6.59. The molecule has 6 rings (SSSR count). The predicted octanol–water partition coefficient (Wildman–Crippen LogP) is 4.59. The van der Waals surface area contributed by atoms with E-state index in [2.05, 4.69) is 30.8 Å². The van der Waals surface area contributed by atoms with Gasteiger partial charge in [-0.2, -0.15) is 0 Å². The molecule has 0 unspecified atom stereocenters. The van der Waals surface area contributed by atoms with Crippen LogP contribution in [-0.2, 0) is 9.53 Å². The second-order valence-electron chi connectivity index (χ2n) is 9.60. The molecule has 0 bridgehead atoms. The van der Waals surface area contributed by atoms with Crippen molar-refractivity contribution in [1.82, 2.24) is 24.9 Å². The first-order valence-corrected chi connectivity index (χ1v) is 13.3. The number of anilines is 4. The summed E-state index contributed by atoms with van der Waals surface area (Å²) in [4.78, 5) is 48.7. The fourth-order valence-electron chi connectivity index (χ4n) is 4.57. The molecule has 0 aliphatic carbocycles. The van der Waals surface area contributed by atoms with Gasteiger partial charge in [0.2, 0.25) is 5.91 Å². The molecule has 0 spiro atoms. The lowest BCUT2D eigenvalue weighted by atomic mass is 10.1. The van der Waals surface area contributed by atoms with E-state index in [-0.39, 0.29) is 5.91 Å². The molecule has 3 N–H and O–H groups in total. The number of aromatic nitrogens is 5. The molecule has 3 aromatic heterocycles. The highest BCUT2D eigenvalue weighted by Gasteiger charge is 2.20. The Balaban J connectivity index is 1.24. The molecule has 0 atom stereocenters. The second kappa shape index (κ2) is 11.9. The number of ether oxygens (including phenoxy) is 1. The number of hydrogen-bond donors (Lipinski definition) is 3. The number of nitrogens with one attached hydrogen (secondary N) is 3. The van der Waals surface area contributed by atoms with Gasteiger partial charge in [-0.1, -0.05) is 0 Å². The van der Waals surface area contributed by atoms with E-state index in [1.54, 1.807) is 55.0 Å². The van der Waals surface area contributed by atoms with E-state index in [0.29, 0.717) is 60.2 Å². The fraction of sp³-hybridized carbons (Fsp3) is 0.167. The monoisotopic (exact) mass is 561 g/mol. The Morgan fingerprint density at radius 3 is 2.02 bits per heavy atom. The van der Waals surface area contributed by atoms with E-state index in [1.165, 1.54) is 13.3 Å². The predicted molar refractivity (Wildman–Crippen MR) is 160 cm³/mol. The summed E-state index contributed by atoms with van der Waals surface area (Å²) in [6.45, 7) is 4.07. The van der Waals surface area contributed by atoms with Crippen LogP contribution in [0.4, 0.5) is 27.7 Å². The molecule has 4 heterocycles. The van der Waals surface area contributed by atoms with Crippen molar-refractivity contribution in [3.63, 3.8) is 0 Å². The van der Waals surface area contributed by atoms with E-state index < -0.39 is 6.03 Å². The molecule has 12 heteroatoms. The number of carbonyl (C=O) groups is 2. The van der Waals surface area contributed by atoms with Crippen LogP contribution >= 0.6 is 0 Å². The van der Waals surface area contributed by atoms with E-state index in [0.717, 1.165) is 22.5 Å². The molecule has 1 aliphatic heterocycles. The normalized spacial score (nSPS) is 13.0. The molecule has 210 valence electrons. The number of urea groups is 1. The number of amides is 3. The van der Waals surface area contributed by atoms with Gasteiger partial charge >= 0.3 is 6.03 Å². The maximum atomic E-state index is 12.6. The first-order valence-electron chi connectivity index (χ1n) is 13.3. The van der Waals surface area contributed by atoms with Gasteiger partial charge in [-0.25, -0.2) is 24.7 Å². The minimum atomic E-state index is -0.393. The summed E-state index contributed by atoms with van der Waals surface area (Å²) in [7, 11) is 0. The molecule has 2 aromatic carbocycles. The minimum absolute atomic E-state index is 0.160. The highest BCUT2D eigenvalue weighted by molar-refractivity contribution is 6.00. The molecule has 0 saturated carbocycles. The summed E-state index contributed by atoms with van der Waals surface area (Å²) in [5.41, 5.74) is 5.75. The standard InChI is InChI=1S/C30H27N9O3/c1-19(40)34-23-6-8-25(9-7-23)36-30(41)35-24-4-2-20(3-5-24)28-37-26-14-21(22-15-31-18-32-16-22)17-33-27(26)29(38-28)39-10-12-42-13-11-39/h2-9,14-18H,10-13H2,1H3,(H,34,40)(H2,35,36,41). The summed E-state index contributed by atoms with van der Waals surface area (Å²) in [5, 5.41) is 8.30. The molecule has 0 radical (unpaired) electrons. The van der Waals surface area contributed by atoms with Crippen LogP contribution in [0.15, 0.2) is 79.5 Å². The van der Waals surface area contributed by atoms with E-state index in [4.69, 9.17) is 19.7 Å². The Hall–Kier alpha value is -5.49. The van der Waals surface area contributed by atoms with E-state index >= 15 is 0 Å². The Morgan fingerprint density at radius 2 is 1.38 bits per heavy atom. The molecule has 42 heavy (non-hydrogen) atoms. The van der Waals surface area contributed by atoms with Crippen LogP contribution in [0.3, 0.4) is 0 Å². The lowest BCUT2D eigenvalue weighted by Crippen LogP contribution is -2.37. The van der Waals surface area contributed by atoms with Gasteiger partial charge < -0.3 is 25.6 Å². The summed E-state index contributed by atoms with van der Waals surface area (Å²) in [6.07, 6.45) is 6.76. The summed E-state index contributed by atoms with van der Waals surface area (Å²) in [6, 6.07) is 15.8. The van der Waals surface area contributed by atoms with Crippen LogP contribution in [0.1, 0.15) is 6.92 Å². The van der Waals surface area contributed by atoms with Gasteiger partial charge in [0.15, 0.2) is 11.6 Å². The zero-order valence-electron chi connectivity index (χ0n) is 22.7. The summed E-state index contributed by atoms with van der Waals surface area (Å²) >= 11 is 0. The Bertz CT molecular complexity index is 1720. The fourth-order valence-corrected chi connectivity index (χ4v) is 4.57. The highest BCUT2D eigenvalue weighted by Crippen LogP contribution is 2.30. The number of rotatable bonds is 6. The average molecular weight is 562 g/mol. The average Bonchev–Trinajstić information content (AvgIpc) is 3.02. The van der Waals surface area contributed by atoms with Crippen LogP contribution in [0.2, 0.25) is 0 Å². The molecule has 1 saturated heterocycles. The van der Waals surface area contributed by atoms with Crippen LogP contribution < -0.4 is 20.9 Å². The van der Waals surface area contributed by atoms with Crippen molar-refractivity contribution in [2.75, 3.05) is 47.2 Å². The van der Waals surface area contributed by atoms with E-state index in [9.17, 15) is 9.59 Å². The van der Waals surface area contributed by atoms with Crippen LogP contribution in [-0.4, -0.2) is 63.2 Å². The highest BCUT2D eigenvalue weighted by atomic mass is 16.5. The van der Waals surface area contributed by atoms with Gasteiger partial charge in [-0.3, -0.25) is 9.78 Å². The summed E-state index contributed by atoms with van der Waals surface area (Å²) in [5.74, 6) is 1.13. The first kappa shape index (κ1) is 26.7. The van der Waals surface area contributed by atoms with Gasteiger partial charge in [0.25, 0.3) is 0 Å². The number of carbonyl (C=O) groups excluding carboxylic acids is 2. The van der Waals surface area contributed by atoms with Gasteiger partial charge in [0.05, 0.1) is 18.7 Å². The molecule has 1 aliphatic rings. The lowest BCUT2D eigenvalue weighted by Gasteiger charge is -2.28. The lowest BCUT2D eigenvalue weighted by molar-refractivity contribution is -0.114. The Morgan fingerprint density at radius 1 is 0.762 bits per heavy atom. The Kier molecular flexibility index (Phi) is 7.60. The first-order chi connectivity index (χ1) is 20.5. The smallest absolute Gasteiger partial charge is 0.323 e. The number of fused-ring (bicyclic) bond motifs is 1. The molecule has 1 fully saturated rings. The molecule has 5 aromatic rings. The summed E-state index contributed by atoms with van der Waals surface area (Å²) < 4.78 is 5.55. The number of morpholine rings is 1. The van der Waals surface area contributed by atoms with Crippen molar-refractivity contribution in [3.05, 3.63) is 79.5 Å². The van der Waals surface area contributed by atoms with Gasteiger partial charge in [-0.05, 0) is 54.6 Å². The van der Waals surface area contributed by atoms with Crippen LogP contribution in [0.5, 0.6) is 0 Å². The maximum absolute atomic E-state index is 12.6. The van der Waals surface area contributed by atoms with Crippen molar-refractivity contribution >= 4 is 45.9 Å². The van der Waals surface area contributed by atoms with Crippen molar-refractivity contribution in [3.8, 4) is 22.5 Å². The Labute approximate surface area is 241 Å². The minimum Gasteiger partial charge on any atom is -0.378 e. The van der Waals surface area contributed by atoms with E-state index in [1.807, 2.05) is 18.2 Å². The van der Waals surface area contributed by atoms with Crippen molar-refractivity contribution in [2.45, 2.75) is 6.92 Å². The number of nitrogens with zero attached hydrogens (tertiary/aromatic N) is 6. The SMILES string of the molecule is CC(=O)Nc1ccc(NC(=O)Nc2ccc(-c3nc(N4CCOCC4)c4ncc(-c5cncnc5)cc4n3)cc2)cc1. The quantitative estimate of drug-likeness (QED) is 0.271. The van der Waals surface area contributed by atoms with Gasteiger partial charge in [0, 0.05) is 72.4 Å². The maximum Gasteiger partial charge on any atom is 0.323 e. The van der Waals surface area contributed by atoms with Crippen molar-refractivity contribution < 1.29 is 14.3 Å². The third-order valence-electron chi connectivity index (χ3n) is 6.59. The van der Waals surface area contributed by atoms with Crippen LogP contribution in [0.25, 0.3) is 33.5 Å². The van der Waals surface area contributed by atoms with Crippen LogP contribution in [0, 0.1) is 0 Å². The second-order valence-corrected chi connectivity index (χ2v) is 9.60. The van der Waals surface area contributed by atoms with Crippen molar-refractivity contribution in [2.24, 2.45) is 0 Å². The molecular formula is C30H27N9O3.